The second-order valence-electron chi connectivity index (χ2n) is 5.69. The number of rotatable bonds is 9. The van der Waals surface area contributed by atoms with Crippen molar-refractivity contribution in [1.29, 1.82) is 0 Å². The van der Waals surface area contributed by atoms with Gasteiger partial charge in [-0.3, -0.25) is 4.79 Å². The zero-order valence-electron chi connectivity index (χ0n) is 15.6. The minimum atomic E-state index is -0.729. The molecule has 0 aromatic heterocycles. The van der Waals surface area contributed by atoms with Crippen LogP contribution in [-0.4, -0.2) is 38.7 Å². The van der Waals surface area contributed by atoms with Gasteiger partial charge in [-0.1, -0.05) is 29.8 Å². The number of methoxy groups -OCH3 is 1. The molecular formula is C20H21ClFNO5. The molecule has 28 heavy (non-hydrogen) atoms. The van der Waals surface area contributed by atoms with E-state index in [0.29, 0.717) is 24.3 Å². The van der Waals surface area contributed by atoms with Crippen LogP contribution in [-0.2, 0) is 16.0 Å². The first-order valence-electron chi connectivity index (χ1n) is 8.63. The lowest BCUT2D eigenvalue weighted by Crippen LogP contribution is -2.30. The normalized spacial score (nSPS) is 10.3. The van der Waals surface area contributed by atoms with Crippen molar-refractivity contribution in [3.8, 4) is 11.5 Å². The largest absolute Gasteiger partial charge is 0.493 e. The number of carbonyl (C=O) groups is 2. The van der Waals surface area contributed by atoms with Crippen LogP contribution in [0.25, 0.3) is 0 Å². The lowest BCUT2D eigenvalue weighted by Gasteiger charge is -2.13. The van der Waals surface area contributed by atoms with Gasteiger partial charge in [0.25, 0.3) is 5.91 Å². The molecule has 0 saturated heterocycles. The van der Waals surface area contributed by atoms with Crippen LogP contribution in [0.2, 0.25) is 5.02 Å². The Morgan fingerprint density at radius 3 is 2.64 bits per heavy atom. The number of halogens is 2. The number of hydrogen-bond donors (Lipinski definition) is 1. The van der Waals surface area contributed by atoms with Gasteiger partial charge in [-0.25, -0.2) is 9.18 Å². The molecule has 0 fully saturated rings. The molecule has 2 aromatic rings. The zero-order valence-corrected chi connectivity index (χ0v) is 16.3. The fourth-order valence-corrected chi connectivity index (χ4v) is 2.69. The van der Waals surface area contributed by atoms with Crippen molar-refractivity contribution in [1.82, 2.24) is 5.32 Å². The highest BCUT2D eigenvalue weighted by Gasteiger charge is 2.17. The summed E-state index contributed by atoms with van der Waals surface area (Å²) in [6.45, 7) is 1.93. The van der Waals surface area contributed by atoms with Crippen molar-refractivity contribution in [2.75, 3.05) is 26.9 Å². The van der Waals surface area contributed by atoms with E-state index in [1.807, 2.05) is 0 Å². The summed E-state index contributed by atoms with van der Waals surface area (Å²) in [5.74, 6) is -0.935. The van der Waals surface area contributed by atoms with E-state index in [2.05, 4.69) is 5.32 Å². The van der Waals surface area contributed by atoms with Gasteiger partial charge in [-0.2, -0.15) is 0 Å². The maximum atomic E-state index is 13.5. The molecule has 2 rings (SSSR count). The average Bonchev–Trinajstić information content (AvgIpc) is 2.69. The number of ether oxygens (including phenoxy) is 3. The van der Waals surface area contributed by atoms with Crippen LogP contribution in [0, 0.1) is 5.82 Å². The fourth-order valence-electron chi connectivity index (χ4n) is 2.43. The summed E-state index contributed by atoms with van der Waals surface area (Å²) in [5.41, 5.74) is 0.625. The number of benzene rings is 2. The summed E-state index contributed by atoms with van der Waals surface area (Å²) in [7, 11) is 1.42. The van der Waals surface area contributed by atoms with Crippen LogP contribution in [0.4, 0.5) is 4.39 Å². The smallest absolute Gasteiger partial charge is 0.338 e. The average molecular weight is 410 g/mol. The van der Waals surface area contributed by atoms with Gasteiger partial charge in [0, 0.05) is 6.54 Å². The van der Waals surface area contributed by atoms with Crippen LogP contribution in [0.5, 0.6) is 11.5 Å². The Bertz CT molecular complexity index is 843. The Morgan fingerprint density at radius 1 is 1.21 bits per heavy atom. The van der Waals surface area contributed by atoms with Crippen LogP contribution in [0.15, 0.2) is 36.4 Å². The number of carbonyl (C=O) groups excluding carboxylic acids is 2. The van der Waals surface area contributed by atoms with Gasteiger partial charge >= 0.3 is 5.97 Å². The highest BCUT2D eigenvalue weighted by molar-refractivity contribution is 6.32. The van der Waals surface area contributed by atoms with Gasteiger partial charge in [-0.05, 0) is 37.1 Å². The molecule has 0 aliphatic carbocycles. The van der Waals surface area contributed by atoms with E-state index in [1.165, 1.54) is 25.3 Å². The SMILES string of the molecule is CCOc1c(Cl)cc(C(=O)OCC(=O)NCCc2ccccc2F)cc1OC. The second-order valence-corrected chi connectivity index (χ2v) is 6.10. The molecular weight excluding hydrogens is 389 g/mol. The van der Waals surface area contributed by atoms with E-state index >= 15 is 0 Å². The minimum absolute atomic E-state index is 0.129. The topological polar surface area (TPSA) is 73.9 Å². The van der Waals surface area contributed by atoms with Crippen LogP contribution in [0.1, 0.15) is 22.8 Å². The summed E-state index contributed by atoms with van der Waals surface area (Å²) in [4.78, 5) is 24.0. The maximum Gasteiger partial charge on any atom is 0.338 e. The van der Waals surface area contributed by atoms with Gasteiger partial charge in [0.1, 0.15) is 5.82 Å². The monoisotopic (exact) mass is 409 g/mol. The Morgan fingerprint density at radius 2 is 1.96 bits per heavy atom. The van der Waals surface area contributed by atoms with Crippen molar-refractivity contribution in [3.63, 3.8) is 0 Å². The summed E-state index contributed by atoms with van der Waals surface area (Å²) in [6, 6.07) is 9.12. The van der Waals surface area contributed by atoms with Crippen LogP contribution < -0.4 is 14.8 Å². The Kier molecular flexibility index (Phi) is 8.07. The molecule has 150 valence electrons. The molecule has 0 unspecified atom stereocenters. The molecule has 0 saturated carbocycles. The fraction of sp³-hybridized carbons (Fsp3) is 0.300. The van der Waals surface area contributed by atoms with Gasteiger partial charge in [0.2, 0.25) is 0 Å². The van der Waals surface area contributed by atoms with E-state index in [1.54, 1.807) is 25.1 Å². The quantitative estimate of drug-likeness (QED) is 0.642. The molecule has 0 heterocycles. The third-order valence-corrected chi connectivity index (χ3v) is 4.04. The second kappa shape index (κ2) is 10.5. The lowest BCUT2D eigenvalue weighted by molar-refractivity contribution is -0.124. The number of hydrogen-bond acceptors (Lipinski definition) is 5. The minimum Gasteiger partial charge on any atom is -0.493 e. The summed E-state index contributed by atoms with van der Waals surface area (Å²) >= 11 is 6.12. The van der Waals surface area contributed by atoms with Crippen molar-refractivity contribution >= 4 is 23.5 Å². The highest BCUT2D eigenvalue weighted by Crippen LogP contribution is 2.36. The summed E-state index contributed by atoms with van der Waals surface area (Å²) in [6.07, 6.45) is 0.331. The van der Waals surface area contributed by atoms with Crippen molar-refractivity contribution in [2.24, 2.45) is 0 Å². The van der Waals surface area contributed by atoms with Crippen LogP contribution in [0.3, 0.4) is 0 Å². The third-order valence-electron chi connectivity index (χ3n) is 3.76. The van der Waals surface area contributed by atoms with Gasteiger partial charge in [0.15, 0.2) is 18.1 Å². The molecule has 1 amide bonds. The Labute approximate surface area is 167 Å². The molecule has 0 aliphatic heterocycles. The molecule has 8 heteroatoms. The van der Waals surface area contributed by atoms with Gasteiger partial charge < -0.3 is 19.5 Å². The number of esters is 1. The first-order chi connectivity index (χ1) is 13.5. The molecule has 1 N–H and O–H groups in total. The van der Waals surface area contributed by atoms with E-state index < -0.39 is 18.5 Å². The van der Waals surface area contributed by atoms with E-state index in [0.717, 1.165) is 0 Å². The summed E-state index contributed by atoms with van der Waals surface area (Å²) in [5, 5.41) is 2.77. The Hall–Kier alpha value is -2.80. The molecule has 0 radical (unpaired) electrons. The summed E-state index contributed by atoms with van der Waals surface area (Å²) < 4.78 is 29.1. The molecule has 0 bridgehead atoms. The Balaban J connectivity index is 1.86. The zero-order chi connectivity index (χ0) is 20.5. The molecule has 2 aromatic carbocycles. The maximum absolute atomic E-state index is 13.5. The first-order valence-corrected chi connectivity index (χ1v) is 9.01. The van der Waals surface area contributed by atoms with Crippen molar-refractivity contribution in [2.45, 2.75) is 13.3 Å². The first kappa shape index (κ1) is 21.5. The number of nitrogens with one attached hydrogen (secondary N) is 1. The molecule has 6 nitrogen and oxygen atoms in total. The van der Waals surface area contributed by atoms with Crippen molar-refractivity contribution in [3.05, 3.63) is 58.4 Å². The standard InChI is InChI=1S/C20H21ClFNO5/c1-3-27-19-15(21)10-14(11-17(19)26-2)20(25)28-12-18(24)23-9-8-13-6-4-5-7-16(13)22/h4-7,10-11H,3,8-9,12H2,1-2H3,(H,23,24). The van der Waals surface area contributed by atoms with Crippen LogP contribution >= 0.6 is 11.6 Å². The van der Waals surface area contributed by atoms with E-state index in [4.69, 9.17) is 25.8 Å². The predicted octanol–water partition coefficient (Wildman–Crippen LogP) is 3.40. The van der Waals surface area contributed by atoms with Crippen molar-refractivity contribution < 1.29 is 28.2 Å². The van der Waals surface area contributed by atoms with Gasteiger partial charge in [-0.15, -0.1) is 0 Å². The highest BCUT2D eigenvalue weighted by atomic mass is 35.5. The van der Waals surface area contributed by atoms with E-state index in [-0.39, 0.29) is 28.7 Å². The third kappa shape index (κ3) is 5.85. The molecule has 0 spiro atoms. The lowest BCUT2D eigenvalue weighted by atomic mass is 10.1. The number of amides is 1. The molecule has 0 atom stereocenters. The molecule has 0 aliphatic rings. The van der Waals surface area contributed by atoms with E-state index in [9.17, 15) is 14.0 Å². The predicted molar refractivity (Wildman–Crippen MR) is 103 cm³/mol. The van der Waals surface area contributed by atoms with Gasteiger partial charge in [0.05, 0.1) is 24.3 Å².